The van der Waals surface area contributed by atoms with Crippen molar-refractivity contribution in [2.24, 2.45) is 0 Å². The Morgan fingerprint density at radius 3 is 2.81 bits per heavy atom. The van der Waals surface area contributed by atoms with Gasteiger partial charge in [0, 0.05) is 0 Å². The van der Waals surface area contributed by atoms with Gasteiger partial charge in [-0.25, -0.2) is 0 Å². The van der Waals surface area contributed by atoms with Gasteiger partial charge in [0.05, 0.1) is 6.10 Å². The van der Waals surface area contributed by atoms with E-state index in [1.807, 2.05) is 26.8 Å². The van der Waals surface area contributed by atoms with Crippen LogP contribution in [0, 0.1) is 0 Å². The molecule has 1 rings (SSSR count). The van der Waals surface area contributed by atoms with Crippen LogP contribution in [0.15, 0.2) is 6.08 Å². The molecule has 88 valence electrons. The van der Waals surface area contributed by atoms with Crippen LogP contribution in [-0.2, 0) is 0 Å². The molecule has 5 heteroatoms. The summed E-state index contributed by atoms with van der Waals surface area (Å²) >= 11 is 5.42. The number of halogens is 1. The van der Waals surface area contributed by atoms with Crippen LogP contribution in [0.1, 0.15) is 43.4 Å². The largest absolute Gasteiger partial charge is 0.486 e. The molecule has 1 heterocycles. The van der Waals surface area contributed by atoms with E-state index < -0.39 is 5.24 Å². The van der Waals surface area contributed by atoms with E-state index in [0.717, 1.165) is 6.42 Å². The molecule has 0 bridgehead atoms. The second-order valence-electron chi connectivity index (χ2n) is 3.56. The van der Waals surface area contributed by atoms with Crippen molar-refractivity contribution < 1.29 is 9.53 Å². The second-order valence-corrected chi connectivity index (χ2v) is 3.91. The Labute approximate surface area is 99.6 Å². The number of carbonyl (C=O) groups excluding carboxylic acids is 1. The molecule has 0 aromatic carbocycles. The van der Waals surface area contributed by atoms with Crippen LogP contribution in [0.2, 0.25) is 0 Å². The number of nitrogens with zero attached hydrogens (tertiary/aromatic N) is 1. The Morgan fingerprint density at radius 2 is 2.31 bits per heavy atom. The number of allylic oxidation sites excluding steroid dienone is 1. The molecule has 0 radical (unpaired) electrons. The monoisotopic (exact) mass is 242 g/mol. The number of nitrogens with one attached hydrogen (secondary N) is 1. The molecule has 1 aromatic heterocycles. The van der Waals surface area contributed by atoms with Gasteiger partial charge in [-0.15, -0.1) is 0 Å². The quantitative estimate of drug-likeness (QED) is 0.808. The number of ether oxygens (including phenoxy) is 1. The molecule has 0 spiro atoms. The fourth-order valence-corrected chi connectivity index (χ4v) is 1.30. The molecular formula is C11H15ClN2O2. The molecule has 0 fully saturated rings. The van der Waals surface area contributed by atoms with Crippen molar-refractivity contribution in [2.45, 2.75) is 33.3 Å². The van der Waals surface area contributed by atoms with E-state index >= 15 is 0 Å². The summed E-state index contributed by atoms with van der Waals surface area (Å²) in [5.41, 5.74) is 0.797. The fraction of sp³-hybridized carbons (Fsp3) is 0.455. The molecule has 0 aliphatic rings. The van der Waals surface area contributed by atoms with Crippen LogP contribution >= 0.6 is 11.6 Å². The Hall–Kier alpha value is -1.29. The lowest BCUT2D eigenvalue weighted by molar-refractivity contribution is 0.107. The summed E-state index contributed by atoms with van der Waals surface area (Å²) in [6.45, 7) is 5.77. The number of H-pyrrole nitrogens is 1. The SMILES string of the molecule is CCC=Cc1n[nH]c(C(=O)Cl)c1OC(C)C. The molecule has 0 aliphatic heterocycles. The van der Waals surface area contributed by atoms with E-state index in [1.54, 1.807) is 6.08 Å². The lowest BCUT2D eigenvalue weighted by atomic mass is 10.3. The first kappa shape index (κ1) is 12.8. The van der Waals surface area contributed by atoms with Crippen molar-refractivity contribution in [3.05, 3.63) is 17.5 Å². The smallest absolute Gasteiger partial charge is 0.274 e. The van der Waals surface area contributed by atoms with Crippen molar-refractivity contribution in [2.75, 3.05) is 0 Å². The highest BCUT2D eigenvalue weighted by atomic mass is 35.5. The van der Waals surface area contributed by atoms with Gasteiger partial charge in [-0.05, 0) is 37.9 Å². The molecule has 0 amide bonds. The first-order chi connectivity index (χ1) is 7.56. The molecular weight excluding hydrogens is 228 g/mol. The summed E-state index contributed by atoms with van der Waals surface area (Å²) in [5.74, 6) is 0.416. The summed E-state index contributed by atoms with van der Waals surface area (Å²) in [6.07, 6.45) is 4.59. The Bertz CT molecular complexity index is 397. The number of aromatic nitrogens is 2. The Morgan fingerprint density at radius 1 is 1.62 bits per heavy atom. The molecule has 0 saturated heterocycles. The van der Waals surface area contributed by atoms with Crippen LogP contribution in [0.25, 0.3) is 6.08 Å². The van der Waals surface area contributed by atoms with Crippen LogP contribution in [-0.4, -0.2) is 21.5 Å². The predicted octanol–water partition coefficient (Wildman–Crippen LogP) is 3.00. The number of hydrogen-bond donors (Lipinski definition) is 1. The van der Waals surface area contributed by atoms with Crippen molar-refractivity contribution in [3.63, 3.8) is 0 Å². The zero-order valence-corrected chi connectivity index (χ0v) is 10.3. The van der Waals surface area contributed by atoms with Gasteiger partial charge in [0.15, 0.2) is 11.4 Å². The first-order valence-electron chi connectivity index (χ1n) is 5.17. The van der Waals surface area contributed by atoms with Gasteiger partial charge in [0.2, 0.25) is 0 Å². The van der Waals surface area contributed by atoms with E-state index in [4.69, 9.17) is 16.3 Å². The summed E-state index contributed by atoms with van der Waals surface area (Å²) in [5, 5.41) is 5.97. The molecule has 0 unspecified atom stereocenters. The van der Waals surface area contributed by atoms with Crippen molar-refractivity contribution >= 4 is 22.9 Å². The van der Waals surface area contributed by atoms with Gasteiger partial charge in [0.1, 0.15) is 5.69 Å². The standard InChI is InChI=1S/C11H15ClN2O2/c1-4-5-6-8-10(16-7(2)3)9(11(12)15)14-13-8/h5-7H,4H2,1-3H3,(H,13,14). The fourth-order valence-electron chi connectivity index (χ4n) is 1.18. The molecule has 16 heavy (non-hydrogen) atoms. The lowest BCUT2D eigenvalue weighted by Crippen LogP contribution is -2.08. The average Bonchev–Trinajstić information content (AvgIpc) is 2.57. The van der Waals surface area contributed by atoms with Gasteiger partial charge in [-0.2, -0.15) is 5.10 Å². The van der Waals surface area contributed by atoms with E-state index in [0.29, 0.717) is 11.4 Å². The Balaban J connectivity index is 3.08. The van der Waals surface area contributed by atoms with Gasteiger partial charge < -0.3 is 4.74 Å². The highest BCUT2D eigenvalue weighted by Crippen LogP contribution is 2.25. The third kappa shape index (κ3) is 3.10. The minimum atomic E-state index is -0.598. The van der Waals surface area contributed by atoms with Crippen molar-refractivity contribution in [3.8, 4) is 5.75 Å². The normalized spacial score (nSPS) is 11.3. The number of aromatic amines is 1. The van der Waals surface area contributed by atoms with Crippen molar-refractivity contribution in [1.29, 1.82) is 0 Å². The summed E-state index contributed by atoms with van der Waals surface area (Å²) < 4.78 is 5.52. The zero-order chi connectivity index (χ0) is 12.1. The maximum atomic E-state index is 11.1. The first-order valence-corrected chi connectivity index (χ1v) is 5.55. The predicted molar refractivity (Wildman–Crippen MR) is 63.9 cm³/mol. The highest BCUT2D eigenvalue weighted by Gasteiger charge is 2.18. The number of hydrogen-bond acceptors (Lipinski definition) is 3. The topological polar surface area (TPSA) is 55.0 Å². The summed E-state index contributed by atoms with van der Waals surface area (Å²) in [4.78, 5) is 11.1. The third-order valence-corrected chi connectivity index (χ3v) is 2.00. The second kappa shape index (κ2) is 5.70. The minimum Gasteiger partial charge on any atom is -0.486 e. The van der Waals surface area contributed by atoms with E-state index in [2.05, 4.69) is 10.2 Å². The van der Waals surface area contributed by atoms with E-state index in [1.165, 1.54) is 0 Å². The van der Waals surface area contributed by atoms with E-state index in [-0.39, 0.29) is 11.8 Å². The van der Waals surface area contributed by atoms with Gasteiger partial charge in [-0.1, -0.05) is 13.0 Å². The zero-order valence-electron chi connectivity index (χ0n) is 9.58. The minimum absolute atomic E-state index is 0.0406. The molecule has 1 N–H and O–H groups in total. The summed E-state index contributed by atoms with van der Waals surface area (Å²) in [7, 11) is 0. The molecule has 0 saturated carbocycles. The molecule has 0 aliphatic carbocycles. The van der Waals surface area contributed by atoms with Gasteiger partial charge in [0.25, 0.3) is 5.24 Å². The van der Waals surface area contributed by atoms with Crippen molar-refractivity contribution in [1.82, 2.24) is 10.2 Å². The van der Waals surface area contributed by atoms with Crippen LogP contribution in [0.3, 0.4) is 0 Å². The number of rotatable bonds is 5. The molecule has 0 atom stereocenters. The molecule has 1 aromatic rings. The lowest BCUT2D eigenvalue weighted by Gasteiger charge is -2.09. The Kier molecular flexibility index (Phi) is 4.55. The third-order valence-electron chi connectivity index (χ3n) is 1.81. The van der Waals surface area contributed by atoms with Crippen LogP contribution in [0.4, 0.5) is 0 Å². The van der Waals surface area contributed by atoms with Crippen LogP contribution in [0.5, 0.6) is 5.75 Å². The number of carbonyl (C=O) groups is 1. The van der Waals surface area contributed by atoms with E-state index in [9.17, 15) is 4.79 Å². The maximum Gasteiger partial charge on any atom is 0.274 e. The summed E-state index contributed by atoms with van der Waals surface area (Å²) in [6, 6.07) is 0. The molecule has 4 nitrogen and oxygen atoms in total. The highest BCUT2D eigenvalue weighted by molar-refractivity contribution is 6.67. The average molecular weight is 243 g/mol. The van der Waals surface area contributed by atoms with Gasteiger partial charge >= 0.3 is 0 Å². The maximum absolute atomic E-state index is 11.1. The van der Waals surface area contributed by atoms with Crippen LogP contribution < -0.4 is 4.74 Å². The van der Waals surface area contributed by atoms with Gasteiger partial charge in [-0.3, -0.25) is 9.89 Å².